The van der Waals surface area contributed by atoms with Crippen molar-refractivity contribution in [2.75, 3.05) is 0 Å². The van der Waals surface area contributed by atoms with Crippen LogP contribution in [-0.4, -0.2) is 20.7 Å². The van der Waals surface area contributed by atoms with Crippen LogP contribution in [0.1, 0.15) is 0 Å². The summed E-state index contributed by atoms with van der Waals surface area (Å²) in [5.74, 6) is 0. The topological polar surface area (TPSA) is 29.5 Å². The van der Waals surface area contributed by atoms with Crippen molar-refractivity contribution in [2.45, 2.75) is 19.6 Å². The molecule has 0 aliphatic rings. The van der Waals surface area contributed by atoms with Crippen molar-refractivity contribution < 1.29 is 13.7 Å². The maximum absolute atomic E-state index is 11.6. The summed E-state index contributed by atoms with van der Waals surface area (Å²) in [5.41, 5.74) is 0. The van der Waals surface area contributed by atoms with E-state index in [1.807, 2.05) is 0 Å². The monoisotopic (exact) mass is 136 g/mol. The Kier molecular flexibility index (Phi) is 2.66. The van der Waals surface area contributed by atoms with E-state index in [0.717, 1.165) is 0 Å². The second-order valence-corrected chi connectivity index (χ2v) is 6.98. The molecule has 5 heteroatoms. The van der Waals surface area contributed by atoms with Crippen molar-refractivity contribution in [1.29, 1.82) is 0 Å². The van der Waals surface area contributed by atoms with Crippen molar-refractivity contribution in [3.8, 4) is 0 Å². The van der Waals surface area contributed by atoms with Crippen molar-refractivity contribution in [1.82, 2.24) is 0 Å². The molecule has 0 aliphatic carbocycles. The Morgan fingerprint density at radius 1 is 1.50 bits per heavy atom. The smallest absolute Gasteiger partial charge is 0.425 e. The van der Waals surface area contributed by atoms with Crippen LogP contribution in [0, 0.1) is 0 Å². The van der Waals surface area contributed by atoms with E-state index in [9.17, 15) is 4.32 Å². The van der Waals surface area contributed by atoms with Crippen molar-refractivity contribution in [3.05, 3.63) is 0 Å². The van der Waals surface area contributed by atoms with Crippen LogP contribution in [0.3, 0.4) is 0 Å². The summed E-state index contributed by atoms with van der Waals surface area (Å²) in [4.78, 5) is 0. The third kappa shape index (κ3) is 6.13. The molecular weight excluding hydrogens is 126 g/mol. The fraction of sp³-hybridized carbons (Fsp3) is 1.00. The first-order valence-electron chi connectivity index (χ1n) is 2.42. The molecule has 0 atom stereocenters. The minimum atomic E-state index is -2.10. The molecule has 2 nitrogen and oxygen atoms in total. The zero-order valence-electron chi connectivity index (χ0n) is 5.31. The van der Waals surface area contributed by atoms with Crippen LogP contribution >= 0.6 is 0 Å². The lowest BCUT2D eigenvalue weighted by molar-refractivity contribution is 0.347. The molecule has 0 aromatic rings. The maximum Gasteiger partial charge on any atom is 0.666 e. The Bertz CT molecular complexity index is 72.2. The molecule has 0 amide bonds. The van der Waals surface area contributed by atoms with E-state index in [-0.39, 0.29) is 0 Å². The largest absolute Gasteiger partial charge is 0.666 e. The van der Waals surface area contributed by atoms with E-state index in [4.69, 9.17) is 5.02 Å². The standard InChI is InChI=1S/C3H10BFO2Si/c1-8(2,3)7-4(5)6/h6H,1-3H3. The van der Waals surface area contributed by atoms with Gasteiger partial charge in [-0.15, -0.1) is 0 Å². The molecule has 8 heavy (non-hydrogen) atoms. The average molecular weight is 136 g/mol. The molecule has 0 spiro atoms. The number of hydrogen-bond acceptors (Lipinski definition) is 2. The van der Waals surface area contributed by atoms with Gasteiger partial charge in [-0.3, -0.25) is 4.32 Å². The van der Waals surface area contributed by atoms with Gasteiger partial charge in [0.05, 0.1) is 0 Å². The molecule has 0 aromatic heterocycles. The second-order valence-electron chi connectivity index (χ2n) is 2.52. The van der Waals surface area contributed by atoms with E-state index in [1.54, 1.807) is 19.6 Å². The van der Waals surface area contributed by atoms with Gasteiger partial charge in [-0.2, -0.15) is 0 Å². The third-order valence-corrected chi connectivity index (χ3v) is 1.35. The first-order valence-corrected chi connectivity index (χ1v) is 5.82. The quantitative estimate of drug-likeness (QED) is 0.568. The Hall–Kier alpha value is 0.132. The van der Waals surface area contributed by atoms with Crippen LogP contribution < -0.4 is 0 Å². The molecule has 0 bridgehead atoms. The molecule has 0 saturated heterocycles. The summed E-state index contributed by atoms with van der Waals surface area (Å²) >= 11 is 0. The summed E-state index contributed by atoms with van der Waals surface area (Å²) in [5, 5.41) is 8.03. The van der Waals surface area contributed by atoms with E-state index < -0.39 is 15.7 Å². The van der Waals surface area contributed by atoms with E-state index in [2.05, 4.69) is 4.34 Å². The molecule has 0 fully saturated rings. The highest BCUT2D eigenvalue weighted by molar-refractivity contribution is 6.74. The predicted molar refractivity (Wildman–Crippen MR) is 33.5 cm³/mol. The van der Waals surface area contributed by atoms with Crippen LogP contribution in [0.25, 0.3) is 0 Å². The highest BCUT2D eigenvalue weighted by Crippen LogP contribution is 2.03. The summed E-state index contributed by atoms with van der Waals surface area (Å²) in [6.45, 7) is 5.40. The Morgan fingerprint density at radius 3 is 1.88 bits per heavy atom. The van der Waals surface area contributed by atoms with Crippen LogP contribution in [0.15, 0.2) is 0 Å². The Morgan fingerprint density at radius 2 is 1.88 bits per heavy atom. The molecule has 0 aliphatic heterocycles. The lowest BCUT2D eigenvalue weighted by atomic mass is 10.3. The van der Waals surface area contributed by atoms with Gasteiger partial charge in [0.2, 0.25) is 0 Å². The van der Waals surface area contributed by atoms with E-state index in [0.29, 0.717) is 0 Å². The molecule has 0 unspecified atom stereocenters. The number of rotatable bonds is 2. The van der Waals surface area contributed by atoms with Gasteiger partial charge in [0, 0.05) is 0 Å². The molecule has 0 saturated carbocycles. The molecular formula is C3H10BFO2Si. The van der Waals surface area contributed by atoms with Crippen LogP contribution in [0.5, 0.6) is 0 Å². The highest BCUT2D eigenvalue weighted by Gasteiger charge is 2.23. The van der Waals surface area contributed by atoms with Crippen LogP contribution in [0.4, 0.5) is 4.32 Å². The normalized spacial score (nSPS) is 11.6. The summed E-state index contributed by atoms with van der Waals surface area (Å²) < 4.78 is 16.0. The summed E-state index contributed by atoms with van der Waals surface area (Å²) in [7, 11) is -3.94. The van der Waals surface area contributed by atoms with Crippen molar-refractivity contribution in [3.63, 3.8) is 0 Å². The van der Waals surface area contributed by atoms with E-state index >= 15 is 0 Å². The number of halogens is 1. The Labute approximate surface area is 50.0 Å². The number of hydrogen-bond donors (Lipinski definition) is 1. The zero-order valence-corrected chi connectivity index (χ0v) is 6.31. The first kappa shape index (κ1) is 8.13. The fourth-order valence-electron chi connectivity index (χ4n) is 0.292. The average Bonchev–Trinajstić information content (AvgIpc) is 1.21. The minimum Gasteiger partial charge on any atom is -0.425 e. The van der Waals surface area contributed by atoms with Gasteiger partial charge in [0.1, 0.15) is 0 Å². The van der Waals surface area contributed by atoms with Crippen molar-refractivity contribution >= 4 is 15.7 Å². The first-order chi connectivity index (χ1) is 3.42. The summed E-state index contributed by atoms with van der Waals surface area (Å²) in [6, 6.07) is 0. The fourth-order valence-corrected chi connectivity index (χ4v) is 0.875. The highest BCUT2D eigenvalue weighted by atomic mass is 28.4. The lowest BCUT2D eigenvalue weighted by Crippen LogP contribution is -2.32. The molecule has 0 aromatic carbocycles. The van der Waals surface area contributed by atoms with Gasteiger partial charge >= 0.3 is 7.40 Å². The van der Waals surface area contributed by atoms with Crippen LogP contribution in [-0.2, 0) is 4.34 Å². The van der Waals surface area contributed by atoms with E-state index in [1.165, 1.54) is 0 Å². The molecule has 0 radical (unpaired) electrons. The Balaban J connectivity index is 3.39. The lowest BCUT2D eigenvalue weighted by Gasteiger charge is -2.14. The van der Waals surface area contributed by atoms with Crippen molar-refractivity contribution in [2.24, 2.45) is 0 Å². The molecule has 0 heterocycles. The van der Waals surface area contributed by atoms with Crippen LogP contribution in [0.2, 0.25) is 19.6 Å². The van der Waals surface area contributed by atoms with Gasteiger partial charge < -0.3 is 9.37 Å². The second kappa shape index (κ2) is 2.61. The molecule has 0 rings (SSSR count). The molecule has 48 valence electrons. The third-order valence-electron chi connectivity index (χ3n) is 0.451. The summed E-state index contributed by atoms with van der Waals surface area (Å²) in [6.07, 6.45) is 0. The van der Waals surface area contributed by atoms with Gasteiger partial charge in [-0.05, 0) is 19.6 Å². The van der Waals surface area contributed by atoms with Gasteiger partial charge in [-0.1, -0.05) is 0 Å². The van der Waals surface area contributed by atoms with Gasteiger partial charge in [0.15, 0.2) is 8.32 Å². The van der Waals surface area contributed by atoms with Gasteiger partial charge in [-0.25, -0.2) is 0 Å². The predicted octanol–water partition coefficient (Wildman–Crippen LogP) is 0.785. The molecule has 1 N–H and O–H groups in total. The van der Waals surface area contributed by atoms with Gasteiger partial charge in [0.25, 0.3) is 0 Å². The minimum absolute atomic E-state index is 1.80. The SMILES string of the molecule is C[Si](C)(C)OB(O)F. The maximum atomic E-state index is 11.6. The zero-order chi connectivity index (χ0) is 6.78.